The summed E-state index contributed by atoms with van der Waals surface area (Å²) in [6.07, 6.45) is 3.76. The molecule has 0 aliphatic rings. The Labute approximate surface area is 118 Å². The van der Waals surface area contributed by atoms with E-state index in [-0.39, 0.29) is 0 Å². The topological polar surface area (TPSA) is 47.1 Å². The first kappa shape index (κ1) is 14.1. The minimum atomic E-state index is 0.517. The van der Waals surface area contributed by atoms with Crippen LogP contribution >= 0.6 is 11.6 Å². The van der Waals surface area contributed by atoms with Gasteiger partial charge in [0.15, 0.2) is 0 Å². The van der Waals surface area contributed by atoms with Crippen molar-refractivity contribution >= 4 is 11.6 Å². The second-order valence-electron chi connectivity index (χ2n) is 4.76. The van der Waals surface area contributed by atoms with Crippen LogP contribution in [0.4, 0.5) is 0 Å². The Hall–Kier alpha value is -1.36. The van der Waals surface area contributed by atoms with Crippen molar-refractivity contribution in [3.05, 3.63) is 52.6 Å². The highest BCUT2D eigenvalue weighted by Crippen LogP contribution is 2.19. The maximum Gasteiger partial charge on any atom is 0.122 e. The lowest BCUT2D eigenvalue weighted by Gasteiger charge is -2.17. The van der Waals surface area contributed by atoms with Gasteiger partial charge in [0.2, 0.25) is 0 Å². The lowest BCUT2D eigenvalue weighted by Crippen LogP contribution is -2.19. The van der Waals surface area contributed by atoms with Crippen LogP contribution in [0, 0.1) is 0 Å². The lowest BCUT2D eigenvalue weighted by molar-refractivity contribution is 0.307. The number of aromatic nitrogens is 2. The van der Waals surface area contributed by atoms with Crippen LogP contribution in [0.2, 0.25) is 5.02 Å². The van der Waals surface area contributed by atoms with Gasteiger partial charge < -0.3 is 10.3 Å². The van der Waals surface area contributed by atoms with Crippen molar-refractivity contribution in [2.75, 3.05) is 7.05 Å². The number of hydrogen-bond donors (Lipinski definition) is 1. The van der Waals surface area contributed by atoms with Crippen LogP contribution in [0.15, 0.2) is 30.6 Å². The molecule has 0 amide bonds. The van der Waals surface area contributed by atoms with E-state index in [4.69, 9.17) is 17.3 Å². The van der Waals surface area contributed by atoms with Gasteiger partial charge >= 0.3 is 0 Å². The fourth-order valence-electron chi connectivity index (χ4n) is 1.98. The zero-order valence-electron chi connectivity index (χ0n) is 11.3. The van der Waals surface area contributed by atoms with Crippen molar-refractivity contribution in [1.29, 1.82) is 0 Å². The molecule has 0 saturated heterocycles. The van der Waals surface area contributed by atoms with Gasteiger partial charge in [-0.25, -0.2) is 4.98 Å². The molecule has 1 heterocycles. The molecule has 0 atom stereocenters. The second kappa shape index (κ2) is 6.19. The van der Waals surface area contributed by atoms with E-state index < -0.39 is 0 Å². The molecule has 0 aliphatic heterocycles. The van der Waals surface area contributed by atoms with E-state index in [9.17, 15) is 0 Å². The minimum absolute atomic E-state index is 0.517. The zero-order chi connectivity index (χ0) is 13.8. The molecule has 0 radical (unpaired) electrons. The van der Waals surface area contributed by atoms with Gasteiger partial charge in [-0.1, -0.05) is 23.7 Å². The van der Waals surface area contributed by atoms with E-state index in [0.717, 1.165) is 35.1 Å². The molecule has 1 aromatic heterocycles. The Morgan fingerprint density at radius 1 is 1.37 bits per heavy atom. The average Bonchev–Trinajstić information content (AvgIpc) is 2.77. The Balaban J connectivity index is 2.03. The van der Waals surface area contributed by atoms with E-state index in [1.807, 2.05) is 42.2 Å². The summed E-state index contributed by atoms with van der Waals surface area (Å²) in [7, 11) is 4.06. The van der Waals surface area contributed by atoms with Crippen molar-refractivity contribution in [2.24, 2.45) is 12.8 Å². The van der Waals surface area contributed by atoms with Gasteiger partial charge in [-0.2, -0.15) is 0 Å². The quantitative estimate of drug-likeness (QED) is 0.912. The first-order valence-corrected chi connectivity index (χ1v) is 6.60. The van der Waals surface area contributed by atoms with Gasteiger partial charge in [0.25, 0.3) is 0 Å². The smallest absolute Gasteiger partial charge is 0.122 e. The summed E-state index contributed by atoms with van der Waals surface area (Å²) < 4.78 is 2.02. The predicted octanol–water partition coefficient (Wildman–Crippen LogP) is 2.16. The molecular formula is C14H19ClN4. The molecule has 19 heavy (non-hydrogen) atoms. The van der Waals surface area contributed by atoms with Crippen molar-refractivity contribution < 1.29 is 0 Å². The third-order valence-electron chi connectivity index (χ3n) is 3.13. The molecule has 0 fully saturated rings. The van der Waals surface area contributed by atoms with E-state index in [1.165, 1.54) is 0 Å². The van der Waals surface area contributed by atoms with Crippen LogP contribution < -0.4 is 5.73 Å². The fraction of sp³-hybridized carbons (Fsp3) is 0.357. The van der Waals surface area contributed by atoms with Crippen LogP contribution in [-0.2, 0) is 26.7 Å². The van der Waals surface area contributed by atoms with Crippen LogP contribution in [0.5, 0.6) is 0 Å². The van der Waals surface area contributed by atoms with Crippen LogP contribution in [-0.4, -0.2) is 21.5 Å². The summed E-state index contributed by atoms with van der Waals surface area (Å²) in [4.78, 5) is 6.51. The molecule has 5 heteroatoms. The highest BCUT2D eigenvalue weighted by atomic mass is 35.5. The van der Waals surface area contributed by atoms with Crippen molar-refractivity contribution in [3.63, 3.8) is 0 Å². The van der Waals surface area contributed by atoms with Crippen LogP contribution in [0.1, 0.15) is 17.0 Å². The lowest BCUT2D eigenvalue weighted by atomic mass is 10.1. The highest BCUT2D eigenvalue weighted by Gasteiger charge is 2.08. The first-order chi connectivity index (χ1) is 9.10. The summed E-state index contributed by atoms with van der Waals surface area (Å²) in [6, 6.07) is 6.00. The summed E-state index contributed by atoms with van der Waals surface area (Å²) in [5, 5.41) is 0.773. The molecule has 0 saturated carbocycles. The average molecular weight is 279 g/mol. The van der Waals surface area contributed by atoms with E-state index >= 15 is 0 Å². The maximum absolute atomic E-state index is 6.26. The Kier molecular flexibility index (Phi) is 4.58. The van der Waals surface area contributed by atoms with Crippen molar-refractivity contribution in [1.82, 2.24) is 14.5 Å². The van der Waals surface area contributed by atoms with Gasteiger partial charge in [-0.05, 0) is 24.2 Å². The van der Waals surface area contributed by atoms with Gasteiger partial charge in [-0.15, -0.1) is 0 Å². The molecule has 102 valence electrons. The largest absolute Gasteiger partial charge is 0.337 e. The van der Waals surface area contributed by atoms with Gasteiger partial charge in [0.1, 0.15) is 5.82 Å². The molecule has 0 bridgehead atoms. The number of halogens is 1. The molecule has 0 spiro atoms. The number of benzene rings is 1. The normalized spacial score (nSPS) is 11.2. The number of imidazole rings is 1. The van der Waals surface area contributed by atoms with E-state index in [2.05, 4.69) is 16.9 Å². The number of nitrogens with zero attached hydrogens (tertiary/aromatic N) is 3. The number of nitrogens with two attached hydrogens (primary N) is 1. The minimum Gasteiger partial charge on any atom is -0.337 e. The third-order valence-corrected chi connectivity index (χ3v) is 3.48. The zero-order valence-corrected chi connectivity index (χ0v) is 12.1. The van der Waals surface area contributed by atoms with Gasteiger partial charge in [0.05, 0.1) is 6.54 Å². The van der Waals surface area contributed by atoms with Gasteiger partial charge in [-0.3, -0.25) is 4.90 Å². The fourth-order valence-corrected chi connectivity index (χ4v) is 2.25. The summed E-state index contributed by atoms with van der Waals surface area (Å²) >= 11 is 6.26. The summed E-state index contributed by atoms with van der Waals surface area (Å²) in [5.74, 6) is 1.04. The molecule has 4 nitrogen and oxygen atoms in total. The molecule has 2 aromatic rings. The number of aryl methyl sites for hydroxylation is 1. The van der Waals surface area contributed by atoms with Crippen molar-refractivity contribution in [3.8, 4) is 0 Å². The molecule has 2 rings (SSSR count). The van der Waals surface area contributed by atoms with E-state index in [1.54, 1.807) is 0 Å². The van der Waals surface area contributed by atoms with Crippen LogP contribution in [0.25, 0.3) is 0 Å². The SMILES string of the molecule is CN(Cc1ccc(CN)cc1Cl)Cc1nccn1C. The predicted molar refractivity (Wildman–Crippen MR) is 77.7 cm³/mol. The molecule has 1 aromatic carbocycles. The molecule has 0 aliphatic carbocycles. The molecular weight excluding hydrogens is 260 g/mol. The van der Waals surface area contributed by atoms with E-state index in [0.29, 0.717) is 6.54 Å². The van der Waals surface area contributed by atoms with Crippen LogP contribution in [0.3, 0.4) is 0 Å². The molecule has 2 N–H and O–H groups in total. The maximum atomic E-state index is 6.26. The summed E-state index contributed by atoms with van der Waals surface area (Å²) in [5.41, 5.74) is 7.76. The summed E-state index contributed by atoms with van der Waals surface area (Å²) in [6.45, 7) is 2.10. The third kappa shape index (κ3) is 3.56. The Bertz CT molecular complexity index is 550. The Morgan fingerprint density at radius 3 is 2.74 bits per heavy atom. The standard InChI is InChI=1S/C14H19ClN4/c1-18(10-14-17-5-6-19(14)2)9-12-4-3-11(8-16)7-13(12)15/h3-7H,8-10,16H2,1-2H3. The monoisotopic (exact) mass is 278 g/mol. The number of rotatable bonds is 5. The first-order valence-electron chi connectivity index (χ1n) is 6.22. The molecule has 0 unspecified atom stereocenters. The van der Waals surface area contributed by atoms with Crippen molar-refractivity contribution in [2.45, 2.75) is 19.6 Å². The van der Waals surface area contributed by atoms with Gasteiger partial charge in [0, 0.05) is 37.6 Å². The number of hydrogen-bond acceptors (Lipinski definition) is 3. The second-order valence-corrected chi connectivity index (χ2v) is 5.16. The highest BCUT2D eigenvalue weighted by molar-refractivity contribution is 6.31. The Morgan fingerprint density at radius 2 is 2.16 bits per heavy atom.